The van der Waals surface area contributed by atoms with E-state index in [1.807, 2.05) is 26.0 Å². The minimum Gasteiger partial charge on any atom is -0.426 e. The molecule has 3 heteroatoms. The van der Waals surface area contributed by atoms with Gasteiger partial charge >= 0.3 is 5.97 Å². The molecule has 0 aliphatic carbocycles. The van der Waals surface area contributed by atoms with Crippen molar-refractivity contribution in [3.8, 4) is 5.75 Å². The van der Waals surface area contributed by atoms with Gasteiger partial charge in [0.1, 0.15) is 5.75 Å². The molecule has 0 atom stereocenters. The molecule has 1 saturated heterocycles. The maximum absolute atomic E-state index is 11.9. The third-order valence-electron chi connectivity index (χ3n) is 4.24. The first kappa shape index (κ1) is 15.4. The smallest absolute Gasteiger partial charge is 0.313 e. The number of rotatable bonds is 3. The van der Waals surface area contributed by atoms with E-state index in [0.29, 0.717) is 5.75 Å². The fourth-order valence-electron chi connectivity index (χ4n) is 2.98. The second-order valence-electron chi connectivity index (χ2n) is 6.25. The average molecular weight is 316 g/mol. The summed E-state index contributed by atoms with van der Waals surface area (Å²) in [6, 6.07) is 12.5. The minimum atomic E-state index is -0.165. The van der Waals surface area contributed by atoms with Gasteiger partial charge in [-0.1, -0.05) is 44.5 Å². The van der Waals surface area contributed by atoms with Crippen LogP contribution in [0.4, 0.5) is 0 Å². The lowest BCUT2D eigenvalue weighted by Gasteiger charge is -2.28. The molecule has 2 aromatic rings. The summed E-state index contributed by atoms with van der Waals surface area (Å²) in [6.45, 7) is 3.73. The fraction of sp³-hybridized carbons (Fsp3) is 0.421. The lowest BCUT2D eigenvalue weighted by atomic mass is 10.1. The summed E-state index contributed by atoms with van der Waals surface area (Å²) in [4.78, 5) is 13.4. The molecule has 1 aliphatic heterocycles. The first-order valence-corrected chi connectivity index (χ1v) is 9.86. The maximum atomic E-state index is 11.9. The van der Waals surface area contributed by atoms with E-state index in [4.69, 9.17) is 4.74 Å². The third-order valence-corrected chi connectivity index (χ3v) is 7.02. The van der Waals surface area contributed by atoms with Crippen molar-refractivity contribution in [3.63, 3.8) is 0 Å². The Morgan fingerprint density at radius 2 is 1.68 bits per heavy atom. The zero-order valence-corrected chi connectivity index (χ0v) is 14.2. The number of hydrogen-bond acceptors (Lipinski definition) is 2. The molecule has 2 nitrogen and oxygen atoms in total. The molecular weight excluding hydrogens is 292 g/mol. The summed E-state index contributed by atoms with van der Waals surface area (Å²) < 4.78 is 5.60. The van der Waals surface area contributed by atoms with Crippen molar-refractivity contribution in [1.29, 1.82) is 0 Å². The number of esters is 1. The van der Waals surface area contributed by atoms with Crippen molar-refractivity contribution < 1.29 is 9.53 Å². The Kier molecular flexibility index (Phi) is 4.72. The Hall–Kier alpha value is -1.48. The van der Waals surface area contributed by atoms with Gasteiger partial charge in [0.2, 0.25) is 0 Å². The zero-order chi connectivity index (χ0) is 15.5. The van der Waals surface area contributed by atoms with Gasteiger partial charge in [-0.25, -0.2) is 10.9 Å². The molecular formula is C19H24O2S. The van der Waals surface area contributed by atoms with Crippen LogP contribution in [0.25, 0.3) is 10.8 Å². The molecule has 1 heterocycles. The number of ether oxygens (including phenoxy) is 1. The van der Waals surface area contributed by atoms with Crippen LogP contribution in [0.1, 0.15) is 33.1 Å². The van der Waals surface area contributed by atoms with Gasteiger partial charge in [-0.3, -0.25) is 4.79 Å². The lowest BCUT2D eigenvalue weighted by molar-refractivity contribution is -0.137. The molecule has 0 N–H and O–H groups in total. The quantitative estimate of drug-likeness (QED) is 0.493. The van der Waals surface area contributed by atoms with Crippen molar-refractivity contribution in [1.82, 2.24) is 0 Å². The number of hydrogen-bond donors (Lipinski definition) is 1. The Labute approximate surface area is 135 Å². The molecule has 22 heavy (non-hydrogen) atoms. The highest BCUT2D eigenvalue weighted by molar-refractivity contribution is 8.17. The van der Waals surface area contributed by atoms with E-state index in [1.54, 1.807) is 0 Å². The van der Waals surface area contributed by atoms with Crippen LogP contribution in [0.3, 0.4) is 0 Å². The number of fused-ring (bicyclic) bond motifs is 1. The summed E-state index contributed by atoms with van der Waals surface area (Å²) >= 11 is 0. The molecule has 0 amide bonds. The molecule has 1 fully saturated rings. The van der Waals surface area contributed by atoms with Gasteiger partial charge in [0.25, 0.3) is 0 Å². The van der Waals surface area contributed by atoms with Crippen LogP contribution in [-0.4, -0.2) is 17.5 Å². The molecule has 0 saturated carbocycles. The lowest BCUT2D eigenvalue weighted by Crippen LogP contribution is -2.15. The number of carbonyl (C=O) groups is 1. The fourth-order valence-corrected chi connectivity index (χ4v) is 5.72. The van der Waals surface area contributed by atoms with Crippen LogP contribution in [0, 0.1) is 5.92 Å². The Bertz CT molecular complexity index is 672. The standard InChI is InChI=1S/C19H24O2S/c1-14(2)19(20)21-17-10-11-18(22-12-6-3-7-13-22)16-9-5-4-8-15(16)17/h4-5,8-11,14,22H,3,6-7,12-13H2,1-2H3. The highest BCUT2D eigenvalue weighted by Crippen LogP contribution is 2.46. The van der Waals surface area contributed by atoms with Crippen molar-refractivity contribution in [2.45, 2.75) is 38.0 Å². The Balaban J connectivity index is 2.01. The molecule has 0 aromatic heterocycles. The van der Waals surface area contributed by atoms with E-state index in [-0.39, 0.29) is 22.8 Å². The molecule has 0 unspecified atom stereocenters. The van der Waals surface area contributed by atoms with E-state index < -0.39 is 0 Å². The summed E-state index contributed by atoms with van der Waals surface area (Å²) in [6.07, 6.45) is 4.08. The highest BCUT2D eigenvalue weighted by Gasteiger charge is 2.17. The zero-order valence-electron chi connectivity index (χ0n) is 13.3. The number of carbonyl (C=O) groups excluding carboxylic acids is 1. The Morgan fingerprint density at radius 1 is 1.00 bits per heavy atom. The van der Waals surface area contributed by atoms with Crippen LogP contribution in [0.2, 0.25) is 0 Å². The van der Waals surface area contributed by atoms with E-state index in [1.165, 1.54) is 41.0 Å². The minimum absolute atomic E-state index is 0.0523. The van der Waals surface area contributed by atoms with Crippen LogP contribution < -0.4 is 4.74 Å². The molecule has 0 bridgehead atoms. The molecule has 1 aliphatic rings. The van der Waals surface area contributed by atoms with Crippen molar-refractivity contribution in [2.75, 3.05) is 11.5 Å². The predicted octanol–water partition coefficient (Wildman–Crippen LogP) is 4.95. The first-order valence-electron chi connectivity index (χ1n) is 8.15. The van der Waals surface area contributed by atoms with Gasteiger partial charge in [0.05, 0.1) is 5.92 Å². The number of benzene rings is 2. The summed E-state index contributed by atoms with van der Waals surface area (Å²) in [5.41, 5.74) is 0. The van der Waals surface area contributed by atoms with Gasteiger partial charge in [0.15, 0.2) is 0 Å². The topological polar surface area (TPSA) is 26.3 Å². The molecule has 2 aromatic carbocycles. The van der Waals surface area contributed by atoms with Gasteiger partial charge in [0, 0.05) is 5.39 Å². The van der Waals surface area contributed by atoms with Crippen LogP contribution in [0.15, 0.2) is 41.3 Å². The van der Waals surface area contributed by atoms with Crippen LogP contribution in [-0.2, 0) is 4.79 Å². The maximum Gasteiger partial charge on any atom is 0.313 e. The van der Waals surface area contributed by atoms with Gasteiger partial charge in [-0.15, -0.1) is 0 Å². The van der Waals surface area contributed by atoms with Crippen molar-refractivity contribution in [2.24, 2.45) is 5.92 Å². The second-order valence-corrected chi connectivity index (χ2v) is 8.71. The van der Waals surface area contributed by atoms with Gasteiger partial charge in [-0.05, 0) is 46.8 Å². The normalized spacial score (nSPS) is 17.0. The van der Waals surface area contributed by atoms with Crippen molar-refractivity contribution >= 4 is 27.6 Å². The molecule has 0 spiro atoms. The van der Waals surface area contributed by atoms with E-state index in [0.717, 1.165) is 5.39 Å². The second kappa shape index (κ2) is 6.74. The molecule has 118 valence electrons. The molecule has 0 radical (unpaired) electrons. The average Bonchev–Trinajstić information content (AvgIpc) is 2.56. The largest absolute Gasteiger partial charge is 0.426 e. The Morgan fingerprint density at radius 3 is 2.36 bits per heavy atom. The van der Waals surface area contributed by atoms with Crippen molar-refractivity contribution in [3.05, 3.63) is 36.4 Å². The van der Waals surface area contributed by atoms with E-state index in [9.17, 15) is 4.79 Å². The first-order chi connectivity index (χ1) is 10.7. The number of thiol groups is 1. The monoisotopic (exact) mass is 316 g/mol. The summed E-state index contributed by atoms with van der Waals surface area (Å²) in [5.74, 6) is 3.10. The summed E-state index contributed by atoms with van der Waals surface area (Å²) in [7, 11) is -0.0523. The van der Waals surface area contributed by atoms with E-state index >= 15 is 0 Å². The predicted molar refractivity (Wildman–Crippen MR) is 95.3 cm³/mol. The summed E-state index contributed by atoms with van der Waals surface area (Å²) in [5, 5.41) is 2.34. The third kappa shape index (κ3) is 3.14. The SMILES string of the molecule is CC(C)C(=O)Oc1ccc([SH]2CCCCC2)c2ccccc12. The van der Waals surface area contributed by atoms with Gasteiger partial charge < -0.3 is 4.74 Å². The van der Waals surface area contributed by atoms with Crippen LogP contribution >= 0.6 is 10.9 Å². The molecule has 3 rings (SSSR count). The van der Waals surface area contributed by atoms with E-state index in [2.05, 4.69) is 24.3 Å². The van der Waals surface area contributed by atoms with Gasteiger partial charge in [-0.2, -0.15) is 0 Å². The highest BCUT2D eigenvalue weighted by atomic mass is 32.2. The van der Waals surface area contributed by atoms with Crippen LogP contribution in [0.5, 0.6) is 5.75 Å².